The highest BCUT2D eigenvalue weighted by molar-refractivity contribution is 5.79. The normalized spacial score (nSPS) is 21.8. The van der Waals surface area contributed by atoms with Crippen LogP contribution in [0.2, 0.25) is 0 Å². The Bertz CT molecular complexity index is 1090. The Morgan fingerprint density at radius 2 is 2.24 bits per heavy atom. The number of aliphatic hydroxyl groups is 1. The first-order valence-corrected chi connectivity index (χ1v) is 6.44. The Morgan fingerprint density at radius 1 is 1.43 bits per heavy atom. The van der Waals surface area contributed by atoms with Crippen molar-refractivity contribution in [2.75, 3.05) is 0 Å². The van der Waals surface area contributed by atoms with E-state index in [0.717, 1.165) is 9.13 Å². The van der Waals surface area contributed by atoms with E-state index >= 15 is 0 Å². The van der Waals surface area contributed by atoms with Crippen molar-refractivity contribution < 1.29 is 18.8 Å². The molecular formula is C15H23N3O3. The summed E-state index contributed by atoms with van der Waals surface area (Å²) in [6, 6.07) is 0. The monoisotopic (exact) mass is 303 g/mol. The third-order valence-electron chi connectivity index (χ3n) is 3.31. The van der Waals surface area contributed by atoms with E-state index in [2.05, 4.69) is 0 Å². The average molecular weight is 303 g/mol. The second-order valence-corrected chi connectivity index (χ2v) is 4.83. The molecule has 2 heterocycles. The highest BCUT2D eigenvalue weighted by atomic mass is 16.3. The van der Waals surface area contributed by atoms with Crippen LogP contribution < -0.4 is 11.2 Å². The van der Waals surface area contributed by atoms with Crippen LogP contribution in [0.1, 0.15) is 45.4 Å². The molecule has 2 aromatic heterocycles. The van der Waals surface area contributed by atoms with E-state index in [0.29, 0.717) is 4.57 Å². The predicted octanol–water partition coefficient (Wildman–Crippen LogP) is 0.898. The Balaban J connectivity index is 2.62. The summed E-state index contributed by atoms with van der Waals surface area (Å²) in [5, 5.41) is 9.03. The molecule has 0 aliphatic rings. The van der Waals surface area contributed by atoms with Crippen molar-refractivity contribution in [1.82, 2.24) is 13.7 Å². The molecule has 2 aromatic rings. The number of fused-ring (bicyclic) bond motifs is 1. The van der Waals surface area contributed by atoms with Gasteiger partial charge in [-0.15, -0.1) is 0 Å². The van der Waals surface area contributed by atoms with Crippen LogP contribution in [0.3, 0.4) is 0 Å². The summed E-state index contributed by atoms with van der Waals surface area (Å²) in [7, 11) is 1.17. The lowest BCUT2D eigenvalue weighted by atomic mass is 10.2. The number of hydrogen-bond donors (Lipinski definition) is 1. The van der Waals surface area contributed by atoms with Crippen molar-refractivity contribution in [1.29, 1.82) is 0 Å². The van der Waals surface area contributed by atoms with Gasteiger partial charge in [0.15, 0.2) is 0 Å². The first-order valence-electron chi connectivity index (χ1n) is 11.4. The Labute approximate surface area is 137 Å². The summed E-state index contributed by atoms with van der Waals surface area (Å²) in [6.07, 6.45) is -2.26. The second kappa shape index (κ2) is 5.89. The van der Waals surface area contributed by atoms with E-state index in [-0.39, 0.29) is 25.8 Å². The maximum atomic E-state index is 13.0. The van der Waals surface area contributed by atoms with Crippen LogP contribution in [-0.2, 0) is 20.6 Å². The van der Waals surface area contributed by atoms with Crippen LogP contribution in [0.25, 0.3) is 11.0 Å². The fourth-order valence-corrected chi connectivity index (χ4v) is 2.26. The van der Waals surface area contributed by atoms with Gasteiger partial charge in [0.1, 0.15) is 5.65 Å². The molecule has 21 heavy (non-hydrogen) atoms. The summed E-state index contributed by atoms with van der Waals surface area (Å²) in [5.74, 6) is 0. The van der Waals surface area contributed by atoms with Crippen molar-refractivity contribution in [2.45, 2.75) is 45.6 Å². The summed E-state index contributed by atoms with van der Waals surface area (Å²) in [5.41, 5.74) is -3.20. The molecule has 1 unspecified atom stereocenters. The lowest BCUT2D eigenvalue weighted by Crippen LogP contribution is -2.39. The molecule has 0 bridgehead atoms. The predicted molar refractivity (Wildman–Crippen MR) is 82.7 cm³/mol. The smallest absolute Gasteiger partial charge is 0.332 e. The fraction of sp³-hybridized carbons (Fsp3) is 0.600. The summed E-state index contributed by atoms with van der Waals surface area (Å²) < 4.78 is 77.3. The van der Waals surface area contributed by atoms with E-state index in [9.17, 15) is 14.7 Å². The van der Waals surface area contributed by atoms with Gasteiger partial charge in [0.2, 0.25) is 0 Å². The van der Waals surface area contributed by atoms with Crippen molar-refractivity contribution in [3.8, 4) is 0 Å². The van der Waals surface area contributed by atoms with E-state index in [1.54, 1.807) is 0 Å². The van der Waals surface area contributed by atoms with Crippen molar-refractivity contribution in [3.63, 3.8) is 0 Å². The molecule has 0 aliphatic carbocycles. The van der Waals surface area contributed by atoms with E-state index in [4.69, 9.17) is 13.7 Å². The van der Waals surface area contributed by atoms with Gasteiger partial charge in [0.25, 0.3) is 5.56 Å². The minimum Gasteiger partial charge on any atom is -0.393 e. The maximum Gasteiger partial charge on any atom is 0.332 e. The van der Waals surface area contributed by atoms with Crippen LogP contribution in [0.5, 0.6) is 0 Å². The van der Waals surface area contributed by atoms with E-state index < -0.39 is 60.8 Å². The molecule has 0 fully saturated rings. The maximum absolute atomic E-state index is 13.0. The first kappa shape index (κ1) is 6.96. The number of unbranched alkanes of at least 4 members (excludes halogenated alkanes) is 1. The van der Waals surface area contributed by atoms with Crippen LogP contribution in [0.4, 0.5) is 0 Å². The lowest BCUT2D eigenvalue weighted by molar-refractivity contribution is 0.180. The van der Waals surface area contributed by atoms with Gasteiger partial charge in [-0.1, -0.05) is 0 Å². The topological polar surface area (TPSA) is 69.2 Å². The number of rotatable bonds is 5. The number of nitrogens with zero attached hydrogens (tertiary/aromatic N) is 3. The Kier molecular flexibility index (Phi) is 1.95. The van der Waals surface area contributed by atoms with Gasteiger partial charge in [-0.25, -0.2) is 4.79 Å². The number of hydrogen-bond acceptors (Lipinski definition) is 3. The molecule has 0 radical (unpaired) electrons. The SMILES string of the molecule is [2H]c1c(C([2H])([2H])[2H])c2c(=O)n(CCCCC(O)C([2H])([2H])[2H])c(=O)n(C)c2n1C([2H])([2H])[2H]. The largest absolute Gasteiger partial charge is 0.393 e. The Hall–Kier alpha value is -1.82. The summed E-state index contributed by atoms with van der Waals surface area (Å²) in [4.78, 5) is 25.8. The second-order valence-electron chi connectivity index (χ2n) is 4.83. The molecule has 1 N–H and O–H groups in total. The Morgan fingerprint density at radius 3 is 2.90 bits per heavy atom. The van der Waals surface area contributed by atoms with E-state index in [1.807, 2.05) is 0 Å². The number of aromatic nitrogens is 3. The van der Waals surface area contributed by atoms with Crippen LogP contribution in [0.15, 0.2) is 15.8 Å². The molecule has 6 heteroatoms. The first-order chi connectivity index (χ1) is 13.9. The van der Waals surface area contributed by atoms with E-state index in [1.165, 1.54) is 7.05 Å². The molecular weight excluding hydrogens is 270 g/mol. The van der Waals surface area contributed by atoms with Crippen LogP contribution >= 0.6 is 0 Å². The number of aryl methyl sites for hydroxylation is 3. The number of aliphatic hydroxyl groups excluding tert-OH is 1. The third-order valence-corrected chi connectivity index (χ3v) is 3.31. The van der Waals surface area contributed by atoms with Crippen LogP contribution in [-0.4, -0.2) is 24.9 Å². The zero-order valence-electron chi connectivity index (χ0n) is 21.5. The lowest BCUT2D eigenvalue weighted by Gasteiger charge is -2.10. The standard InChI is InChI=1S/C15H23N3O3/c1-10-9-16(3)13-12(10)14(20)18(15(21)17(13)4)8-6-5-7-11(2)19/h9,11,19H,5-8H2,1-4H3/i1D3,2D3,3D3,9D. The average Bonchev–Trinajstić information content (AvgIpc) is 2.91. The molecule has 0 amide bonds. The zero-order valence-corrected chi connectivity index (χ0v) is 11.5. The van der Waals surface area contributed by atoms with Gasteiger partial charge >= 0.3 is 5.69 Å². The molecule has 6 nitrogen and oxygen atoms in total. The minimum absolute atomic E-state index is 0.0966. The molecule has 116 valence electrons. The zero-order chi connectivity index (χ0) is 24.1. The van der Waals surface area contributed by atoms with Gasteiger partial charge < -0.3 is 9.67 Å². The van der Waals surface area contributed by atoms with Gasteiger partial charge in [0.05, 0.1) is 12.9 Å². The van der Waals surface area contributed by atoms with Crippen molar-refractivity contribution in [3.05, 3.63) is 32.6 Å². The van der Waals surface area contributed by atoms with Crippen LogP contribution in [0, 0.1) is 6.85 Å². The van der Waals surface area contributed by atoms with Gasteiger partial charge in [-0.3, -0.25) is 13.9 Å². The highest BCUT2D eigenvalue weighted by Crippen LogP contribution is 2.14. The summed E-state index contributed by atoms with van der Waals surface area (Å²) >= 11 is 0. The molecule has 0 aromatic carbocycles. The summed E-state index contributed by atoms with van der Waals surface area (Å²) in [6.45, 7) is -8.75. The minimum atomic E-state index is -3.01. The van der Waals surface area contributed by atoms with Crippen molar-refractivity contribution >= 4 is 11.0 Å². The molecule has 0 saturated carbocycles. The highest BCUT2D eigenvalue weighted by Gasteiger charge is 2.15. The quantitative estimate of drug-likeness (QED) is 0.834. The third kappa shape index (κ3) is 2.81. The van der Waals surface area contributed by atoms with Crippen molar-refractivity contribution in [2.24, 2.45) is 14.0 Å². The molecule has 1 atom stereocenters. The molecule has 0 spiro atoms. The molecule has 2 rings (SSSR count). The van der Waals surface area contributed by atoms with Gasteiger partial charge in [-0.05, 0) is 38.5 Å². The molecule has 0 saturated heterocycles. The van der Waals surface area contributed by atoms with Gasteiger partial charge in [0, 0.05) is 39.1 Å². The molecule has 0 aliphatic heterocycles. The fourth-order valence-electron chi connectivity index (χ4n) is 2.26. The van der Waals surface area contributed by atoms with Gasteiger partial charge in [-0.2, -0.15) is 0 Å².